The minimum absolute atomic E-state index is 0.291. The third-order valence-corrected chi connectivity index (χ3v) is 5.59. The molecular formula is C23H37N3O4. The van der Waals surface area contributed by atoms with Gasteiger partial charge in [0, 0.05) is 33.4 Å². The Hall–Kier alpha value is -1.99. The van der Waals surface area contributed by atoms with E-state index < -0.39 is 0 Å². The number of aliphatic imine (C=N–C) groups is 1. The molecular weight excluding hydrogens is 382 g/mol. The molecule has 1 unspecified atom stereocenters. The number of ether oxygens (including phenoxy) is 4. The van der Waals surface area contributed by atoms with Crippen LogP contribution in [0.15, 0.2) is 23.2 Å². The van der Waals surface area contributed by atoms with Gasteiger partial charge < -0.3 is 29.6 Å². The molecule has 2 N–H and O–H groups in total. The monoisotopic (exact) mass is 419 g/mol. The van der Waals surface area contributed by atoms with Crippen LogP contribution in [0.3, 0.4) is 0 Å². The van der Waals surface area contributed by atoms with Gasteiger partial charge in [0.15, 0.2) is 17.5 Å². The first-order valence-electron chi connectivity index (χ1n) is 11.3. The molecule has 1 saturated heterocycles. The molecule has 3 rings (SSSR count). The second-order valence-corrected chi connectivity index (χ2v) is 7.93. The summed E-state index contributed by atoms with van der Waals surface area (Å²) in [5.74, 6) is 2.40. The third-order valence-electron chi connectivity index (χ3n) is 5.59. The van der Waals surface area contributed by atoms with Crippen LogP contribution < -0.4 is 20.1 Å². The van der Waals surface area contributed by atoms with Crippen molar-refractivity contribution in [2.24, 2.45) is 4.99 Å². The SMILES string of the molecule is CN=C(NCCCOCC1CCCO1)NCc1ccc(OC)c(OC2CCCC2)c1. The lowest BCUT2D eigenvalue weighted by atomic mass is 10.2. The van der Waals surface area contributed by atoms with Crippen LogP contribution in [0.5, 0.6) is 11.5 Å². The molecule has 1 aliphatic heterocycles. The minimum atomic E-state index is 0.291. The van der Waals surface area contributed by atoms with Gasteiger partial charge in [0.1, 0.15) is 0 Å². The third kappa shape index (κ3) is 7.36. The summed E-state index contributed by atoms with van der Waals surface area (Å²) in [5, 5.41) is 6.70. The molecule has 0 amide bonds. The smallest absolute Gasteiger partial charge is 0.191 e. The van der Waals surface area contributed by atoms with Crippen molar-refractivity contribution in [1.29, 1.82) is 0 Å². The first kappa shape index (κ1) is 22.7. The fourth-order valence-electron chi connectivity index (χ4n) is 3.89. The van der Waals surface area contributed by atoms with Crippen LogP contribution >= 0.6 is 0 Å². The maximum absolute atomic E-state index is 6.19. The summed E-state index contributed by atoms with van der Waals surface area (Å²) in [6.45, 7) is 3.78. The molecule has 7 nitrogen and oxygen atoms in total. The molecule has 168 valence electrons. The van der Waals surface area contributed by atoms with E-state index in [0.29, 0.717) is 25.4 Å². The van der Waals surface area contributed by atoms with Crippen molar-refractivity contribution >= 4 is 5.96 Å². The highest BCUT2D eigenvalue weighted by Crippen LogP contribution is 2.32. The van der Waals surface area contributed by atoms with Gasteiger partial charge in [-0.3, -0.25) is 4.99 Å². The predicted octanol–water partition coefficient (Wildman–Crippen LogP) is 3.27. The van der Waals surface area contributed by atoms with E-state index in [1.54, 1.807) is 14.2 Å². The van der Waals surface area contributed by atoms with E-state index in [-0.39, 0.29) is 0 Å². The second-order valence-electron chi connectivity index (χ2n) is 7.93. The Morgan fingerprint density at radius 2 is 2.00 bits per heavy atom. The Bertz CT molecular complexity index is 656. The second kappa shape index (κ2) is 12.6. The van der Waals surface area contributed by atoms with Gasteiger partial charge in [-0.05, 0) is 62.6 Å². The number of benzene rings is 1. The Morgan fingerprint density at radius 3 is 2.73 bits per heavy atom. The quantitative estimate of drug-likeness (QED) is 0.326. The van der Waals surface area contributed by atoms with E-state index in [1.165, 1.54) is 12.8 Å². The maximum Gasteiger partial charge on any atom is 0.191 e. The Kier molecular flexibility index (Phi) is 9.57. The summed E-state index contributed by atoms with van der Waals surface area (Å²) in [5.41, 5.74) is 1.13. The van der Waals surface area contributed by atoms with Crippen LogP contribution in [0, 0.1) is 0 Å². The van der Waals surface area contributed by atoms with Crippen LogP contribution in [0.1, 0.15) is 50.5 Å². The summed E-state index contributed by atoms with van der Waals surface area (Å²) in [4.78, 5) is 4.30. The van der Waals surface area contributed by atoms with Crippen LogP contribution in [0.4, 0.5) is 0 Å². The summed E-state index contributed by atoms with van der Waals surface area (Å²) < 4.78 is 22.9. The molecule has 1 aliphatic carbocycles. The van der Waals surface area contributed by atoms with Gasteiger partial charge >= 0.3 is 0 Å². The molecule has 30 heavy (non-hydrogen) atoms. The van der Waals surface area contributed by atoms with E-state index in [4.69, 9.17) is 18.9 Å². The van der Waals surface area contributed by atoms with E-state index in [2.05, 4.69) is 27.8 Å². The summed E-state index contributed by atoms with van der Waals surface area (Å²) in [6.07, 6.45) is 8.53. The van der Waals surface area contributed by atoms with Gasteiger partial charge in [-0.1, -0.05) is 6.07 Å². The zero-order valence-corrected chi connectivity index (χ0v) is 18.5. The van der Waals surface area contributed by atoms with Crippen molar-refractivity contribution in [3.8, 4) is 11.5 Å². The van der Waals surface area contributed by atoms with Crippen molar-refractivity contribution < 1.29 is 18.9 Å². The highest BCUT2D eigenvalue weighted by atomic mass is 16.5. The number of nitrogens with zero attached hydrogens (tertiary/aromatic N) is 1. The number of hydrogen-bond donors (Lipinski definition) is 2. The van der Waals surface area contributed by atoms with Crippen molar-refractivity contribution in [1.82, 2.24) is 10.6 Å². The molecule has 1 atom stereocenters. The molecule has 1 aromatic carbocycles. The van der Waals surface area contributed by atoms with Crippen molar-refractivity contribution in [3.05, 3.63) is 23.8 Å². The van der Waals surface area contributed by atoms with Crippen LogP contribution in [0.2, 0.25) is 0 Å². The first-order valence-corrected chi connectivity index (χ1v) is 11.3. The highest BCUT2D eigenvalue weighted by Gasteiger charge is 2.18. The summed E-state index contributed by atoms with van der Waals surface area (Å²) >= 11 is 0. The molecule has 0 aromatic heterocycles. The van der Waals surface area contributed by atoms with Gasteiger partial charge in [-0.25, -0.2) is 0 Å². The van der Waals surface area contributed by atoms with E-state index in [1.807, 2.05) is 6.07 Å². The molecule has 0 radical (unpaired) electrons. The predicted molar refractivity (Wildman–Crippen MR) is 118 cm³/mol. The zero-order chi connectivity index (χ0) is 21.0. The molecule has 1 heterocycles. The lowest BCUT2D eigenvalue weighted by molar-refractivity contribution is 0.0168. The lowest BCUT2D eigenvalue weighted by Crippen LogP contribution is -2.37. The van der Waals surface area contributed by atoms with Gasteiger partial charge in [0.25, 0.3) is 0 Å². The number of rotatable bonds is 11. The first-order chi connectivity index (χ1) is 14.8. The maximum atomic E-state index is 6.19. The molecule has 0 bridgehead atoms. The number of nitrogens with one attached hydrogen (secondary N) is 2. The van der Waals surface area contributed by atoms with Crippen LogP contribution in [-0.2, 0) is 16.0 Å². The molecule has 1 saturated carbocycles. The Labute approximate surface area is 180 Å². The van der Waals surface area contributed by atoms with Crippen LogP contribution in [0.25, 0.3) is 0 Å². The average molecular weight is 420 g/mol. The molecule has 2 aliphatic rings. The minimum Gasteiger partial charge on any atom is -0.493 e. The van der Waals surface area contributed by atoms with Crippen molar-refractivity contribution in [2.45, 2.75) is 63.7 Å². The van der Waals surface area contributed by atoms with E-state index in [9.17, 15) is 0 Å². The number of hydrogen-bond acceptors (Lipinski definition) is 5. The average Bonchev–Trinajstić information content (AvgIpc) is 3.47. The normalized spacial score (nSPS) is 19.8. The molecule has 0 spiro atoms. The molecule has 1 aromatic rings. The lowest BCUT2D eigenvalue weighted by Gasteiger charge is -2.17. The fourth-order valence-corrected chi connectivity index (χ4v) is 3.89. The number of guanidine groups is 1. The number of methoxy groups -OCH3 is 1. The van der Waals surface area contributed by atoms with Crippen LogP contribution in [-0.4, -0.2) is 58.7 Å². The molecule has 2 fully saturated rings. The molecule has 7 heteroatoms. The highest BCUT2D eigenvalue weighted by molar-refractivity contribution is 5.79. The largest absolute Gasteiger partial charge is 0.493 e. The van der Waals surface area contributed by atoms with E-state index >= 15 is 0 Å². The standard InChI is InChI=1S/C23H37N3O4/c1-24-23(25-12-6-13-28-17-20-9-5-14-29-20)26-16-18-10-11-21(27-2)22(15-18)30-19-7-3-4-8-19/h10-11,15,19-20H,3-9,12-14,16-17H2,1-2H3,(H2,24,25,26). The fraction of sp³-hybridized carbons (Fsp3) is 0.696. The Balaban J connectivity index is 1.37. The Morgan fingerprint density at radius 1 is 1.13 bits per heavy atom. The zero-order valence-electron chi connectivity index (χ0n) is 18.5. The van der Waals surface area contributed by atoms with Crippen molar-refractivity contribution in [3.63, 3.8) is 0 Å². The summed E-state index contributed by atoms with van der Waals surface area (Å²) in [6, 6.07) is 6.10. The van der Waals surface area contributed by atoms with Gasteiger partial charge in [0.05, 0.1) is 25.9 Å². The summed E-state index contributed by atoms with van der Waals surface area (Å²) in [7, 11) is 3.47. The van der Waals surface area contributed by atoms with Gasteiger partial charge in [0.2, 0.25) is 0 Å². The van der Waals surface area contributed by atoms with E-state index in [0.717, 1.165) is 74.9 Å². The van der Waals surface area contributed by atoms with Gasteiger partial charge in [-0.15, -0.1) is 0 Å². The van der Waals surface area contributed by atoms with Gasteiger partial charge in [-0.2, -0.15) is 0 Å². The van der Waals surface area contributed by atoms with Crippen molar-refractivity contribution in [2.75, 3.05) is 40.5 Å². The topological polar surface area (TPSA) is 73.3 Å².